The molecule has 0 radical (unpaired) electrons. The molecule has 2 aromatic carbocycles. The zero-order valence-corrected chi connectivity index (χ0v) is 13.5. The monoisotopic (exact) mass is 340 g/mol. The van der Waals surface area contributed by atoms with Gasteiger partial charge < -0.3 is 14.6 Å². The number of carbonyl (C=O) groups is 1. The number of methoxy groups -OCH3 is 2. The van der Waals surface area contributed by atoms with Gasteiger partial charge in [0, 0.05) is 11.1 Å². The summed E-state index contributed by atoms with van der Waals surface area (Å²) in [7, 11) is 3.00. The highest BCUT2D eigenvalue weighted by molar-refractivity contribution is 6.34. The van der Waals surface area contributed by atoms with Crippen molar-refractivity contribution in [3.05, 3.63) is 57.6 Å². The van der Waals surface area contributed by atoms with Crippen molar-refractivity contribution in [2.45, 2.75) is 6.10 Å². The number of hydrogen-bond acceptors (Lipinski definition) is 4. The molecule has 1 N–H and O–H groups in total. The number of Topliss-reactive ketones (excluding diaryl/α,β-unsaturated/α-hetero) is 1. The third-order valence-corrected chi connectivity index (χ3v) is 3.83. The van der Waals surface area contributed by atoms with Crippen LogP contribution in [-0.2, 0) is 0 Å². The second-order valence-electron chi connectivity index (χ2n) is 4.50. The fraction of sp³-hybridized carbons (Fsp3) is 0.188. The van der Waals surface area contributed by atoms with Gasteiger partial charge in [-0.2, -0.15) is 0 Å². The first kappa shape index (κ1) is 16.6. The Morgan fingerprint density at radius 1 is 1.00 bits per heavy atom. The minimum absolute atomic E-state index is 0.196. The lowest BCUT2D eigenvalue weighted by molar-refractivity contribution is 0.0747. The molecule has 1 atom stereocenters. The van der Waals surface area contributed by atoms with Gasteiger partial charge in [0.05, 0.1) is 24.3 Å². The van der Waals surface area contributed by atoms with E-state index in [1.165, 1.54) is 32.4 Å². The highest BCUT2D eigenvalue weighted by atomic mass is 35.5. The van der Waals surface area contributed by atoms with E-state index in [2.05, 4.69) is 0 Å². The molecule has 0 fully saturated rings. The molecular formula is C16H14Cl2O4. The average Bonchev–Trinajstić information content (AvgIpc) is 2.53. The number of ketones is 1. The van der Waals surface area contributed by atoms with E-state index in [0.29, 0.717) is 17.1 Å². The van der Waals surface area contributed by atoms with Crippen LogP contribution in [0.25, 0.3) is 0 Å². The van der Waals surface area contributed by atoms with Gasteiger partial charge in [0.1, 0.15) is 17.6 Å². The predicted octanol–water partition coefficient (Wildman–Crippen LogP) is 3.93. The summed E-state index contributed by atoms with van der Waals surface area (Å²) >= 11 is 12.1. The second-order valence-corrected chi connectivity index (χ2v) is 5.31. The maximum absolute atomic E-state index is 12.4. The van der Waals surface area contributed by atoms with Gasteiger partial charge in [0.15, 0.2) is 5.78 Å². The summed E-state index contributed by atoms with van der Waals surface area (Å²) in [5, 5.41) is 10.7. The van der Waals surface area contributed by atoms with Crippen molar-refractivity contribution >= 4 is 29.0 Å². The molecule has 0 heterocycles. The lowest BCUT2D eigenvalue weighted by Gasteiger charge is -2.14. The largest absolute Gasteiger partial charge is 0.497 e. The molecule has 4 nitrogen and oxygen atoms in total. The number of carbonyl (C=O) groups excluding carboxylic acids is 1. The number of benzene rings is 2. The van der Waals surface area contributed by atoms with E-state index >= 15 is 0 Å². The highest BCUT2D eigenvalue weighted by Crippen LogP contribution is 2.31. The minimum atomic E-state index is -1.41. The Bertz CT molecular complexity index is 701. The number of rotatable bonds is 5. The van der Waals surface area contributed by atoms with Crippen LogP contribution in [0.2, 0.25) is 10.0 Å². The van der Waals surface area contributed by atoms with Gasteiger partial charge in [-0.25, -0.2) is 0 Å². The summed E-state index contributed by atoms with van der Waals surface area (Å²) in [6.07, 6.45) is -1.41. The van der Waals surface area contributed by atoms with Crippen molar-refractivity contribution in [3.8, 4) is 11.5 Å². The van der Waals surface area contributed by atoms with Crippen LogP contribution < -0.4 is 9.47 Å². The number of ether oxygens (including phenoxy) is 2. The highest BCUT2D eigenvalue weighted by Gasteiger charge is 2.24. The van der Waals surface area contributed by atoms with Gasteiger partial charge >= 0.3 is 0 Å². The second kappa shape index (κ2) is 7.01. The number of aliphatic hydroxyl groups is 1. The van der Waals surface area contributed by atoms with E-state index in [1.54, 1.807) is 18.2 Å². The zero-order valence-electron chi connectivity index (χ0n) is 12.0. The fourth-order valence-corrected chi connectivity index (χ4v) is 2.51. The third kappa shape index (κ3) is 3.35. The maximum Gasteiger partial charge on any atom is 0.197 e. The Kier molecular flexibility index (Phi) is 5.29. The van der Waals surface area contributed by atoms with Gasteiger partial charge in [-0.15, -0.1) is 0 Å². The lowest BCUT2D eigenvalue weighted by Crippen LogP contribution is -2.13. The Balaban J connectivity index is 2.33. The molecule has 0 saturated heterocycles. The van der Waals surface area contributed by atoms with E-state index in [0.717, 1.165) is 0 Å². The average molecular weight is 341 g/mol. The van der Waals surface area contributed by atoms with Gasteiger partial charge in [-0.05, 0) is 30.3 Å². The molecule has 116 valence electrons. The SMILES string of the molecule is COc1ccc(C(=O)C(O)c2ccc(OC)cc2Cl)c(Cl)c1. The van der Waals surface area contributed by atoms with Crippen LogP contribution in [0.5, 0.6) is 11.5 Å². The van der Waals surface area contributed by atoms with Crippen LogP contribution in [0.4, 0.5) is 0 Å². The van der Waals surface area contributed by atoms with Crippen molar-refractivity contribution in [3.63, 3.8) is 0 Å². The Morgan fingerprint density at radius 3 is 2.05 bits per heavy atom. The van der Waals surface area contributed by atoms with Crippen molar-refractivity contribution < 1.29 is 19.4 Å². The summed E-state index contributed by atoms with van der Waals surface area (Å²) < 4.78 is 10.1. The van der Waals surface area contributed by atoms with E-state index in [1.807, 2.05) is 0 Å². The number of hydrogen-bond donors (Lipinski definition) is 1. The maximum atomic E-state index is 12.4. The molecule has 22 heavy (non-hydrogen) atoms. The van der Waals surface area contributed by atoms with Crippen LogP contribution in [0, 0.1) is 0 Å². The van der Waals surface area contributed by atoms with Crippen LogP contribution in [0.15, 0.2) is 36.4 Å². The van der Waals surface area contributed by atoms with Crippen molar-refractivity contribution in [2.75, 3.05) is 14.2 Å². The van der Waals surface area contributed by atoms with E-state index < -0.39 is 11.9 Å². The molecule has 0 aromatic heterocycles. The summed E-state index contributed by atoms with van der Waals surface area (Å²) in [5.74, 6) is 0.522. The quantitative estimate of drug-likeness (QED) is 0.838. The first-order valence-electron chi connectivity index (χ1n) is 6.37. The zero-order chi connectivity index (χ0) is 16.3. The van der Waals surface area contributed by atoms with E-state index in [9.17, 15) is 9.90 Å². The van der Waals surface area contributed by atoms with Gasteiger partial charge in [0.2, 0.25) is 0 Å². The molecule has 2 rings (SSSR count). The predicted molar refractivity (Wildman–Crippen MR) is 85.3 cm³/mol. The molecular weight excluding hydrogens is 327 g/mol. The van der Waals surface area contributed by atoms with Crippen molar-refractivity contribution in [1.29, 1.82) is 0 Å². The molecule has 0 saturated carbocycles. The van der Waals surface area contributed by atoms with Gasteiger partial charge in [0.25, 0.3) is 0 Å². The van der Waals surface area contributed by atoms with E-state index in [4.69, 9.17) is 32.7 Å². The summed E-state index contributed by atoms with van der Waals surface area (Å²) in [4.78, 5) is 12.4. The molecule has 0 aliphatic rings. The summed E-state index contributed by atoms with van der Waals surface area (Å²) in [6.45, 7) is 0. The van der Waals surface area contributed by atoms with Gasteiger partial charge in [-0.1, -0.05) is 29.3 Å². The molecule has 1 unspecified atom stereocenters. The standard InChI is InChI=1S/C16H14Cl2O4/c1-21-9-3-5-11(13(17)7-9)15(19)16(20)12-6-4-10(22-2)8-14(12)18/h3-8,15,19H,1-2H3. The fourth-order valence-electron chi connectivity index (χ4n) is 1.97. The van der Waals surface area contributed by atoms with Crippen molar-refractivity contribution in [1.82, 2.24) is 0 Å². The summed E-state index contributed by atoms with van der Waals surface area (Å²) in [6, 6.07) is 9.31. The summed E-state index contributed by atoms with van der Waals surface area (Å²) in [5.41, 5.74) is 0.487. The number of halogens is 2. The third-order valence-electron chi connectivity index (χ3n) is 3.19. The topological polar surface area (TPSA) is 55.8 Å². The Labute approximate surface area is 138 Å². The molecule has 0 bridgehead atoms. The molecule has 0 amide bonds. The first-order chi connectivity index (χ1) is 10.5. The normalized spacial score (nSPS) is 11.9. The smallest absolute Gasteiger partial charge is 0.197 e. The lowest BCUT2D eigenvalue weighted by atomic mass is 9.99. The van der Waals surface area contributed by atoms with Crippen molar-refractivity contribution in [2.24, 2.45) is 0 Å². The number of aliphatic hydroxyl groups excluding tert-OH is 1. The van der Waals surface area contributed by atoms with E-state index in [-0.39, 0.29) is 15.6 Å². The Morgan fingerprint density at radius 2 is 1.55 bits per heavy atom. The molecule has 0 spiro atoms. The van der Waals surface area contributed by atoms with Crippen LogP contribution in [0.1, 0.15) is 22.0 Å². The Hall–Kier alpha value is -1.75. The first-order valence-corrected chi connectivity index (χ1v) is 7.12. The van der Waals surface area contributed by atoms with Crippen LogP contribution >= 0.6 is 23.2 Å². The van der Waals surface area contributed by atoms with Crippen LogP contribution in [0.3, 0.4) is 0 Å². The molecule has 6 heteroatoms. The molecule has 0 aliphatic heterocycles. The van der Waals surface area contributed by atoms with Crippen LogP contribution in [-0.4, -0.2) is 25.1 Å². The molecule has 2 aromatic rings. The minimum Gasteiger partial charge on any atom is -0.497 e. The van der Waals surface area contributed by atoms with Gasteiger partial charge in [-0.3, -0.25) is 4.79 Å². The molecule has 0 aliphatic carbocycles.